The fraction of sp³-hybridized carbons (Fsp3) is 0.846. The molecule has 2 atom stereocenters. The predicted molar refractivity (Wildman–Crippen MR) is 68.9 cm³/mol. The molecule has 108 valence electrons. The number of rotatable bonds is 5. The van der Waals surface area contributed by atoms with E-state index in [1.54, 1.807) is 16.8 Å². The van der Waals surface area contributed by atoms with Gasteiger partial charge >= 0.3 is 12.0 Å². The molecule has 1 N–H and O–H groups in total. The van der Waals surface area contributed by atoms with Gasteiger partial charge in [0.1, 0.15) is 5.92 Å². The molecule has 2 rings (SSSR count). The van der Waals surface area contributed by atoms with E-state index in [0.717, 1.165) is 6.54 Å². The standard InChI is InChI=1S/C13H22N2O4/c1-3-15(11-8-19-7-10(11)12(16)17)13(18)14(2)6-9-4-5-9/h9-11H,3-8H2,1-2H3,(H,16,17). The van der Waals surface area contributed by atoms with E-state index in [-0.39, 0.29) is 18.7 Å². The van der Waals surface area contributed by atoms with Crippen LogP contribution in [0.1, 0.15) is 19.8 Å². The van der Waals surface area contributed by atoms with Crippen LogP contribution in [0.5, 0.6) is 0 Å². The number of aliphatic carboxylic acids is 1. The third-order valence-corrected chi connectivity index (χ3v) is 3.91. The van der Waals surface area contributed by atoms with Gasteiger partial charge in [-0.3, -0.25) is 4.79 Å². The van der Waals surface area contributed by atoms with Crippen LogP contribution in [-0.4, -0.2) is 66.3 Å². The van der Waals surface area contributed by atoms with E-state index in [9.17, 15) is 14.7 Å². The van der Waals surface area contributed by atoms with Crippen LogP contribution in [0.15, 0.2) is 0 Å². The highest BCUT2D eigenvalue weighted by atomic mass is 16.5. The maximum atomic E-state index is 12.4. The Morgan fingerprint density at radius 3 is 2.53 bits per heavy atom. The van der Waals surface area contributed by atoms with Crippen molar-refractivity contribution in [3.8, 4) is 0 Å². The monoisotopic (exact) mass is 270 g/mol. The third-order valence-electron chi connectivity index (χ3n) is 3.91. The molecule has 1 aliphatic carbocycles. The van der Waals surface area contributed by atoms with Gasteiger partial charge < -0.3 is 19.6 Å². The van der Waals surface area contributed by atoms with Crippen molar-refractivity contribution in [2.45, 2.75) is 25.8 Å². The maximum absolute atomic E-state index is 12.4. The summed E-state index contributed by atoms with van der Waals surface area (Å²) < 4.78 is 5.24. The second-order valence-corrected chi connectivity index (χ2v) is 5.44. The Morgan fingerprint density at radius 2 is 2.00 bits per heavy atom. The van der Waals surface area contributed by atoms with E-state index in [1.165, 1.54) is 12.8 Å². The van der Waals surface area contributed by atoms with Crippen LogP contribution in [0.4, 0.5) is 4.79 Å². The molecule has 1 saturated carbocycles. The number of carboxylic acids is 1. The Labute approximate surface area is 113 Å². The highest BCUT2D eigenvalue weighted by molar-refractivity contribution is 5.77. The molecule has 2 aliphatic rings. The maximum Gasteiger partial charge on any atom is 0.320 e. The fourth-order valence-corrected chi connectivity index (χ4v) is 2.58. The first-order valence-electron chi connectivity index (χ1n) is 6.86. The Morgan fingerprint density at radius 1 is 1.32 bits per heavy atom. The van der Waals surface area contributed by atoms with Crippen molar-refractivity contribution < 1.29 is 19.4 Å². The smallest absolute Gasteiger partial charge is 0.320 e. The summed E-state index contributed by atoms with van der Waals surface area (Å²) in [6.07, 6.45) is 2.38. The van der Waals surface area contributed by atoms with Crippen molar-refractivity contribution >= 4 is 12.0 Å². The minimum atomic E-state index is -0.890. The van der Waals surface area contributed by atoms with Crippen molar-refractivity contribution in [2.75, 3.05) is 33.4 Å². The topological polar surface area (TPSA) is 70.1 Å². The minimum Gasteiger partial charge on any atom is -0.481 e. The van der Waals surface area contributed by atoms with E-state index in [4.69, 9.17) is 4.74 Å². The van der Waals surface area contributed by atoms with Crippen LogP contribution >= 0.6 is 0 Å². The van der Waals surface area contributed by atoms with Gasteiger partial charge in [0.2, 0.25) is 0 Å². The van der Waals surface area contributed by atoms with E-state index < -0.39 is 11.9 Å². The summed E-state index contributed by atoms with van der Waals surface area (Å²) >= 11 is 0. The van der Waals surface area contributed by atoms with E-state index >= 15 is 0 Å². The van der Waals surface area contributed by atoms with Crippen molar-refractivity contribution in [1.29, 1.82) is 0 Å². The molecule has 2 unspecified atom stereocenters. The van der Waals surface area contributed by atoms with Gasteiger partial charge in [-0.25, -0.2) is 4.79 Å². The molecule has 0 spiro atoms. The number of urea groups is 1. The SMILES string of the molecule is CCN(C(=O)N(C)CC1CC1)C1COCC1C(=O)O. The molecular formula is C13H22N2O4. The zero-order valence-electron chi connectivity index (χ0n) is 11.5. The Kier molecular flexibility index (Phi) is 4.29. The lowest BCUT2D eigenvalue weighted by Gasteiger charge is -2.33. The van der Waals surface area contributed by atoms with Crippen LogP contribution in [0.25, 0.3) is 0 Å². The van der Waals surface area contributed by atoms with Gasteiger partial charge in [0, 0.05) is 20.1 Å². The molecule has 0 bridgehead atoms. The number of likely N-dealkylation sites (N-methyl/N-ethyl adjacent to an activating group) is 1. The lowest BCUT2D eigenvalue weighted by atomic mass is 10.0. The fourth-order valence-electron chi connectivity index (χ4n) is 2.58. The van der Waals surface area contributed by atoms with Crippen molar-refractivity contribution in [3.63, 3.8) is 0 Å². The van der Waals surface area contributed by atoms with Crippen LogP contribution < -0.4 is 0 Å². The number of carbonyl (C=O) groups excluding carboxylic acids is 1. The molecular weight excluding hydrogens is 248 g/mol. The van der Waals surface area contributed by atoms with E-state index in [0.29, 0.717) is 19.1 Å². The van der Waals surface area contributed by atoms with Crippen molar-refractivity contribution in [2.24, 2.45) is 11.8 Å². The lowest BCUT2D eigenvalue weighted by Crippen LogP contribution is -2.51. The molecule has 19 heavy (non-hydrogen) atoms. The average Bonchev–Trinajstić information content (AvgIpc) is 3.04. The third kappa shape index (κ3) is 3.18. The van der Waals surface area contributed by atoms with Crippen LogP contribution in [-0.2, 0) is 9.53 Å². The van der Waals surface area contributed by atoms with Crippen LogP contribution in [0.3, 0.4) is 0 Å². The molecule has 1 heterocycles. The van der Waals surface area contributed by atoms with Gasteiger partial charge in [-0.05, 0) is 25.7 Å². The molecule has 6 nitrogen and oxygen atoms in total. The van der Waals surface area contributed by atoms with Gasteiger partial charge in [0.25, 0.3) is 0 Å². The summed E-state index contributed by atoms with van der Waals surface area (Å²) in [4.78, 5) is 26.9. The Hall–Kier alpha value is -1.30. The number of ether oxygens (including phenoxy) is 1. The number of carboxylic acid groups (broad SMARTS) is 1. The zero-order valence-corrected chi connectivity index (χ0v) is 11.5. The second-order valence-electron chi connectivity index (χ2n) is 5.44. The van der Waals surface area contributed by atoms with Crippen LogP contribution in [0.2, 0.25) is 0 Å². The average molecular weight is 270 g/mol. The van der Waals surface area contributed by atoms with Gasteiger partial charge in [-0.1, -0.05) is 0 Å². The first kappa shape index (κ1) is 14.1. The first-order valence-corrected chi connectivity index (χ1v) is 6.86. The van der Waals surface area contributed by atoms with Crippen LogP contribution in [0, 0.1) is 11.8 Å². The minimum absolute atomic E-state index is 0.0869. The number of hydrogen-bond acceptors (Lipinski definition) is 3. The first-order chi connectivity index (χ1) is 9.04. The van der Waals surface area contributed by atoms with Gasteiger partial charge in [-0.15, -0.1) is 0 Å². The molecule has 2 amide bonds. The number of nitrogens with zero attached hydrogens (tertiary/aromatic N) is 2. The zero-order chi connectivity index (χ0) is 14.0. The molecule has 0 radical (unpaired) electrons. The lowest BCUT2D eigenvalue weighted by molar-refractivity contribution is -0.142. The highest BCUT2D eigenvalue weighted by Gasteiger charge is 2.40. The van der Waals surface area contributed by atoms with Crippen molar-refractivity contribution in [1.82, 2.24) is 9.80 Å². The molecule has 0 aromatic heterocycles. The van der Waals surface area contributed by atoms with Gasteiger partial charge in [0.05, 0.1) is 19.3 Å². The number of amides is 2. The largest absolute Gasteiger partial charge is 0.481 e. The van der Waals surface area contributed by atoms with Gasteiger partial charge in [0.15, 0.2) is 0 Å². The summed E-state index contributed by atoms with van der Waals surface area (Å²) in [6.45, 7) is 3.65. The normalized spacial score (nSPS) is 26.2. The summed E-state index contributed by atoms with van der Waals surface area (Å²) in [5, 5.41) is 9.17. The number of hydrogen-bond donors (Lipinski definition) is 1. The molecule has 2 fully saturated rings. The molecule has 1 aliphatic heterocycles. The van der Waals surface area contributed by atoms with E-state index in [1.807, 2.05) is 6.92 Å². The molecule has 0 aromatic carbocycles. The molecule has 6 heteroatoms. The highest BCUT2D eigenvalue weighted by Crippen LogP contribution is 2.30. The second kappa shape index (κ2) is 5.77. The Bertz CT molecular complexity index is 357. The molecule has 0 aromatic rings. The molecule has 1 saturated heterocycles. The summed E-state index contributed by atoms with van der Waals surface area (Å²) in [5.41, 5.74) is 0. The Balaban J connectivity index is 2.00. The quantitative estimate of drug-likeness (QED) is 0.804. The summed E-state index contributed by atoms with van der Waals surface area (Å²) in [5.74, 6) is -0.875. The number of carbonyl (C=O) groups is 2. The van der Waals surface area contributed by atoms with E-state index in [2.05, 4.69) is 0 Å². The predicted octanol–water partition coefficient (Wildman–Crippen LogP) is 0.870. The summed E-state index contributed by atoms with van der Waals surface area (Å²) in [6, 6.07) is -0.437. The summed E-state index contributed by atoms with van der Waals surface area (Å²) in [7, 11) is 1.79. The van der Waals surface area contributed by atoms with Gasteiger partial charge in [-0.2, -0.15) is 0 Å². The van der Waals surface area contributed by atoms with Crippen molar-refractivity contribution in [3.05, 3.63) is 0 Å².